The van der Waals surface area contributed by atoms with Gasteiger partial charge in [0.15, 0.2) is 17.0 Å². The van der Waals surface area contributed by atoms with E-state index in [1.165, 1.54) is 11.9 Å². The number of hydrogen-bond donors (Lipinski definition) is 1. The molecule has 4 aromatic rings. The first-order valence-electron chi connectivity index (χ1n) is 7.31. The fraction of sp³-hybridized carbons (Fsp3) is 0.0588. The van der Waals surface area contributed by atoms with E-state index in [2.05, 4.69) is 37.7 Å². The predicted molar refractivity (Wildman–Crippen MR) is 88.2 cm³/mol. The maximum atomic E-state index is 4.32. The van der Waals surface area contributed by atoms with Gasteiger partial charge in [0.2, 0.25) is 0 Å². The Morgan fingerprint density at radius 1 is 0.870 bits per heavy atom. The lowest BCUT2D eigenvalue weighted by molar-refractivity contribution is 0.817. The van der Waals surface area contributed by atoms with Crippen molar-refractivity contribution >= 4 is 17.0 Å². The molecule has 0 saturated heterocycles. The molecule has 6 nitrogen and oxygen atoms in total. The average Bonchev–Trinajstić information content (AvgIpc) is 3.06. The van der Waals surface area contributed by atoms with Crippen LogP contribution in [0.3, 0.4) is 0 Å². The van der Waals surface area contributed by atoms with Crippen LogP contribution in [0.15, 0.2) is 67.0 Å². The standard InChI is InChI=1S/C17H14N6/c1-3-7-13(8-4-1)11-18-16-15-17(20-12-19-16)23(22-21-15)14-9-5-2-6-10-14/h1-10,12H,11H2,(H,18,19,20). The molecule has 0 radical (unpaired) electrons. The van der Waals surface area contributed by atoms with E-state index < -0.39 is 0 Å². The summed E-state index contributed by atoms with van der Waals surface area (Å²) in [6.07, 6.45) is 1.53. The third kappa shape index (κ3) is 2.62. The first kappa shape index (κ1) is 13.4. The van der Waals surface area contributed by atoms with Crippen LogP contribution in [0.4, 0.5) is 5.82 Å². The molecule has 0 bridgehead atoms. The van der Waals surface area contributed by atoms with Gasteiger partial charge in [0.05, 0.1) is 5.69 Å². The lowest BCUT2D eigenvalue weighted by atomic mass is 10.2. The molecule has 112 valence electrons. The largest absolute Gasteiger partial charge is 0.364 e. The van der Waals surface area contributed by atoms with Gasteiger partial charge in [0.1, 0.15) is 6.33 Å². The molecular weight excluding hydrogens is 288 g/mol. The Morgan fingerprint density at radius 2 is 1.61 bits per heavy atom. The van der Waals surface area contributed by atoms with E-state index in [4.69, 9.17) is 0 Å². The van der Waals surface area contributed by atoms with E-state index in [-0.39, 0.29) is 0 Å². The molecule has 0 fully saturated rings. The van der Waals surface area contributed by atoms with Gasteiger partial charge in [-0.2, -0.15) is 4.68 Å². The highest BCUT2D eigenvalue weighted by atomic mass is 15.4. The van der Waals surface area contributed by atoms with Crippen LogP contribution < -0.4 is 5.32 Å². The van der Waals surface area contributed by atoms with Crippen LogP contribution in [0.2, 0.25) is 0 Å². The smallest absolute Gasteiger partial charge is 0.188 e. The average molecular weight is 302 g/mol. The maximum absolute atomic E-state index is 4.32. The molecule has 0 unspecified atom stereocenters. The SMILES string of the molecule is c1ccc(CNc2ncnc3c2nnn3-c2ccccc2)cc1. The summed E-state index contributed by atoms with van der Waals surface area (Å²) in [6.45, 7) is 0.672. The van der Waals surface area contributed by atoms with Gasteiger partial charge in [0, 0.05) is 6.54 Å². The monoisotopic (exact) mass is 302 g/mol. The molecule has 0 atom stereocenters. The highest BCUT2D eigenvalue weighted by molar-refractivity contribution is 5.82. The third-order valence-corrected chi connectivity index (χ3v) is 3.54. The molecule has 2 heterocycles. The topological polar surface area (TPSA) is 68.5 Å². The van der Waals surface area contributed by atoms with Crippen LogP contribution in [0.5, 0.6) is 0 Å². The van der Waals surface area contributed by atoms with Crippen molar-refractivity contribution in [3.63, 3.8) is 0 Å². The zero-order valence-electron chi connectivity index (χ0n) is 12.3. The predicted octanol–water partition coefficient (Wildman–Crippen LogP) is 2.82. The number of benzene rings is 2. The summed E-state index contributed by atoms with van der Waals surface area (Å²) in [5.41, 5.74) is 3.44. The van der Waals surface area contributed by atoms with E-state index >= 15 is 0 Å². The number of nitrogens with one attached hydrogen (secondary N) is 1. The molecule has 23 heavy (non-hydrogen) atoms. The van der Waals surface area contributed by atoms with Gasteiger partial charge in [-0.15, -0.1) is 5.10 Å². The summed E-state index contributed by atoms with van der Waals surface area (Å²) < 4.78 is 1.71. The molecule has 6 heteroatoms. The number of para-hydroxylation sites is 1. The number of aromatic nitrogens is 5. The number of rotatable bonds is 4. The molecule has 0 spiro atoms. The van der Waals surface area contributed by atoms with Gasteiger partial charge in [-0.1, -0.05) is 53.7 Å². The summed E-state index contributed by atoms with van der Waals surface area (Å²) >= 11 is 0. The second kappa shape index (κ2) is 5.84. The van der Waals surface area contributed by atoms with Crippen LogP contribution in [0, 0.1) is 0 Å². The lowest BCUT2D eigenvalue weighted by Crippen LogP contribution is -2.03. The van der Waals surface area contributed by atoms with Crippen LogP contribution in [0.1, 0.15) is 5.56 Å². The fourth-order valence-electron chi connectivity index (χ4n) is 2.40. The van der Waals surface area contributed by atoms with E-state index in [9.17, 15) is 0 Å². The van der Waals surface area contributed by atoms with Crippen molar-refractivity contribution in [1.29, 1.82) is 0 Å². The van der Waals surface area contributed by atoms with Crippen LogP contribution in [-0.4, -0.2) is 25.0 Å². The zero-order valence-corrected chi connectivity index (χ0v) is 12.3. The molecular formula is C17H14N6. The van der Waals surface area contributed by atoms with Gasteiger partial charge in [-0.05, 0) is 17.7 Å². The second-order valence-electron chi connectivity index (χ2n) is 5.07. The van der Waals surface area contributed by atoms with Gasteiger partial charge in [-0.25, -0.2) is 9.97 Å². The van der Waals surface area contributed by atoms with Crippen molar-refractivity contribution in [3.8, 4) is 5.69 Å². The number of nitrogens with zero attached hydrogens (tertiary/aromatic N) is 5. The quantitative estimate of drug-likeness (QED) is 0.628. The first-order valence-corrected chi connectivity index (χ1v) is 7.31. The molecule has 0 aliphatic carbocycles. The van der Waals surface area contributed by atoms with Crippen molar-refractivity contribution < 1.29 is 0 Å². The summed E-state index contributed by atoms with van der Waals surface area (Å²) in [4.78, 5) is 8.61. The number of hydrogen-bond acceptors (Lipinski definition) is 5. The van der Waals surface area contributed by atoms with Crippen LogP contribution >= 0.6 is 0 Å². The second-order valence-corrected chi connectivity index (χ2v) is 5.07. The third-order valence-electron chi connectivity index (χ3n) is 3.54. The van der Waals surface area contributed by atoms with E-state index in [1.54, 1.807) is 4.68 Å². The normalized spacial score (nSPS) is 10.8. The van der Waals surface area contributed by atoms with Crippen molar-refractivity contribution in [2.45, 2.75) is 6.54 Å². The molecule has 2 aromatic carbocycles. The Labute approximate surface area is 132 Å². The Balaban J connectivity index is 1.68. The van der Waals surface area contributed by atoms with Crippen molar-refractivity contribution in [2.24, 2.45) is 0 Å². The molecule has 0 aliphatic heterocycles. The molecule has 4 rings (SSSR count). The van der Waals surface area contributed by atoms with Gasteiger partial charge in [-0.3, -0.25) is 0 Å². The summed E-state index contributed by atoms with van der Waals surface area (Å²) in [5.74, 6) is 0.682. The van der Waals surface area contributed by atoms with E-state index in [1.807, 2.05) is 48.5 Å². The highest BCUT2D eigenvalue weighted by Crippen LogP contribution is 2.19. The molecule has 0 amide bonds. The Kier molecular flexibility index (Phi) is 3.40. The minimum atomic E-state index is 0.660. The Hall–Kier alpha value is -3.28. The van der Waals surface area contributed by atoms with Gasteiger partial charge < -0.3 is 5.32 Å². The van der Waals surface area contributed by atoms with E-state index in [0.29, 0.717) is 23.5 Å². The highest BCUT2D eigenvalue weighted by Gasteiger charge is 2.12. The summed E-state index contributed by atoms with van der Waals surface area (Å²) in [7, 11) is 0. The Bertz CT molecular complexity index is 918. The van der Waals surface area contributed by atoms with Crippen molar-refractivity contribution in [2.75, 3.05) is 5.32 Å². The van der Waals surface area contributed by atoms with Gasteiger partial charge in [0.25, 0.3) is 0 Å². The van der Waals surface area contributed by atoms with Crippen molar-refractivity contribution in [3.05, 3.63) is 72.6 Å². The summed E-state index contributed by atoms with van der Waals surface area (Å²) in [5, 5.41) is 11.7. The van der Waals surface area contributed by atoms with Crippen LogP contribution in [-0.2, 0) is 6.54 Å². The first-order chi connectivity index (χ1) is 11.4. The maximum Gasteiger partial charge on any atom is 0.188 e. The fourth-order valence-corrected chi connectivity index (χ4v) is 2.40. The molecule has 0 saturated carbocycles. The summed E-state index contributed by atoms with van der Waals surface area (Å²) in [6, 6.07) is 20.0. The number of fused-ring (bicyclic) bond motifs is 1. The van der Waals surface area contributed by atoms with Crippen molar-refractivity contribution in [1.82, 2.24) is 25.0 Å². The lowest BCUT2D eigenvalue weighted by Gasteiger charge is -2.06. The Morgan fingerprint density at radius 3 is 2.39 bits per heavy atom. The molecule has 2 aromatic heterocycles. The minimum Gasteiger partial charge on any atom is -0.364 e. The number of anilines is 1. The minimum absolute atomic E-state index is 0.660. The van der Waals surface area contributed by atoms with Crippen LogP contribution in [0.25, 0.3) is 16.9 Å². The molecule has 0 aliphatic rings. The van der Waals surface area contributed by atoms with E-state index in [0.717, 1.165) is 5.69 Å². The zero-order chi connectivity index (χ0) is 15.5. The molecule has 1 N–H and O–H groups in total. The van der Waals surface area contributed by atoms with Gasteiger partial charge >= 0.3 is 0 Å².